The second kappa shape index (κ2) is 5.68. The molecule has 0 amide bonds. The van der Waals surface area contributed by atoms with E-state index in [0.29, 0.717) is 5.25 Å². The van der Waals surface area contributed by atoms with Gasteiger partial charge in [0.1, 0.15) is 0 Å². The van der Waals surface area contributed by atoms with Crippen molar-refractivity contribution in [3.8, 4) is 0 Å². The summed E-state index contributed by atoms with van der Waals surface area (Å²) in [5.41, 5.74) is 5.04. The summed E-state index contributed by atoms with van der Waals surface area (Å²) in [6, 6.07) is 0. The van der Waals surface area contributed by atoms with Crippen LogP contribution < -0.4 is 5.73 Å². The number of hydrogen-bond donors (Lipinski definition) is 2. The lowest BCUT2D eigenvalue weighted by Gasteiger charge is -1.97. The number of amidine groups is 1. The van der Waals surface area contributed by atoms with Gasteiger partial charge in [-0.1, -0.05) is 25.6 Å². The molecule has 0 saturated carbocycles. The molecule has 0 aliphatic rings. The minimum absolute atomic E-state index is 0. The predicted octanol–water partition coefficient (Wildman–Crippen LogP) is 1.64. The summed E-state index contributed by atoms with van der Waals surface area (Å²) in [5, 5.41) is 7.41. The molecule has 4 heteroatoms. The van der Waals surface area contributed by atoms with E-state index in [4.69, 9.17) is 11.1 Å². The maximum Gasteiger partial charge on any atom is 0.151 e. The Bertz CT molecular complexity index is 74.4. The van der Waals surface area contributed by atoms with Crippen LogP contribution in [0.2, 0.25) is 0 Å². The van der Waals surface area contributed by atoms with E-state index in [9.17, 15) is 0 Å². The first kappa shape index (κ1) is 11.4. The smallest absolute Gasteiger partial charge is 0.151 e. The summed E-state index contributed by atoms with van der Waals surface area (Å²) in [7, 11) is 0. The van der Waals surface area contributed by atoms with Gasteiger partial charge in [0.05, 0.1) is 0 Å². The van der Waals surface area contributed by atoms with Crippen LogP contribution in [0.4, 0.5) is 0 Å². The lowest BCUT2D eigenvalue weighted by molar-refractivity contribution is 1.12. The number of nitrogens with two attached hydrogens (primary N) is 1. The Hall–Kier alpha value is 0.550. The van der Waals surface area contributed by atoms with Crippen molar-refractivity contribution in [1.29, 1.82) is 5.41 Å². The Morgan fingerprint density at radius 3 is 2.00 bits per heavy atom. The zero-order valence-corrected chi connectivity index (χ0v) is 8.12. The Morgan fingerprint density at radius 2 is 2.00 bits per heavy atom. The molecule has 0 spiro atoms. The molecule has 0 rings (SSSR count). The number of nitrogens with one attached hydrogen (secondary N) is 1. The average Bonchev–Trinajstić information content (AvgIpc) is 1.27. The first-order valence-corrected chi connectivity index (χ1v) is 3.01. The van der Waals surface area contributed by atoms with Gasteiger partial charge in [0.25, 0.3) is 0 Å². The molecule has 0 saturated heterocycles. The molecular weight excluding hydrogens is 235 g/mol. The van der Waals surface area contributed by atoms with Crippen LogP contribution in [0.25, 0.3) is 0 Å². The summed E-state index contributed by atoms with van der Waals surface area (Å²) in [5.74, 6) is 0. The highest BCUT2D eigenvalue weighted by atomic mass is 127. The Balaban J connectivity index is 0. The van der Waals surface area contributed by atoms with E-state index < -0.39 is 0 Å². The first-order valence-electron chi connectivity index (χ1n) is 2.13. The minimum atomic E-state index is 0. The molecule has 0 heterocycles. The fourth-order valence-electron chi connectivity index (χ4n) is 0.254. The lowest BCUT2D eigenvalue weighted by Crippen LogP contribution is -2.06. The van der Waals surface area contributed by atoms with E-state index in [1.54, 1.807) is 0 Å². The molecule has 0 unspecified atom stereocenters. The number of thioether (sulfide) groups is 1. The first-order chi connectivity index (χ1) is 3.13. The van der Waals surface area contributed by atoms with Gasteiger partial charge in [-0.2, -0.15) is 0 Å². The van der Waals surface area contributed by atoms with Crippen molar-refractivity contribution >= 4 is 40.9 Å². The van der Waals surface area contributed by atoms with Gasteiger partial charge in [0.2, 0.25) is 0 Å². The quantitative estimate of drug-likeness (QED) is 0.420. The summed E-state index contributed by atoms with van der Waals surface area (Å²) in [6.45, 7) is 4.01. The van der Waals surface area contributed by atoms with Gasteiger partial charge in [0, 0.05) is 5.25 Å². The van der Waals surface area contributed by atoms with E-state index >= 15 is 0 Å². The third-order valence-corrected chi connectivity index (χ3v) is 1.09. The normalized spacial score (nSPS) is 8.38. The lowest BCUT2D eigenvalue weighted by atomic mass is 10.6. The van der Waals surface area contributed by atoms with Crippen LogP contribution in [0.5, 0.6) is 0 Å². The number of rotatable bonds is 1. The maximum absolute atomic E-state index is 6.77. The van der Waals surface area contributed by atoms with Crippen LogP contribution in [-0.2, 0) is 0 Å². The van der Waals surface area contributed by atoms with Gasteiger partial charge < -0.3 is 5.73 Å². The van der Waals surface area contributed by atoms with Crippen LogP contribution >= 0.6 is 35.7 Å². The molecule has 0 bridgehead atoms. The molecule has 0 aliphatic heterocycles. The summed E-state index contributed by atoms with van der Waals surface area (Å²) in [4.78, 5) is 0. The van der Waals surface area contributed by atoms with Gasteiger partial charge >= 0.3 is 0 Å². The van der Waals surface area contributed by atoms with Crippen LogP contribution in [-0.4, -0.2) is 10.4 Å². The Kier molecular flexibility index (Phi) is 8.07. The zero-order valence-electron chi connectivity index (χ0n) is 4.97. The minimum Gasteiger partial charge on any atom is -0.379 e. The summed E-state index contributed by atoms with van der Waals surface area (Å²) in [6.07, 6.45) is 0. The summed E-state index contributed by atoms with van der Waals surface area (Å²) >= 11 is 1.37. The van der Waals surface area contributed by atoms with Gasteiger partial charge in [-0.3, -0.25) is 5.41 Å². The fourth-order valence-corrected chi connectivity index (χ4v) is 0.762. The van der Waals surface area contributed by atoms with Gasteiger partial charge in [-0.25, -0.2) is 0 Å². The highest BCUT2D eigenvalue weighted by molar-refractivity contribution is 14.0. The van der Waals surface area contributed by atoms with Crippen molar-refractivity contribution in [3.05, 3.63) is 0 Å². The highest BCUT2D eigenvalue weighted by Crippen LogP contribution is 2.05. The van der Waals surface area contributed by atoms with Crippen LogP contribution in [0.1, 0.15) is 13.8 Å². The molecule has 0 aromatic carbocycles. The van der Waals surface area contributed by atoms with Gasteiger partial charge in [-0.15, -0.1) is 24.0 Å². The zero-order chi connectivity index (χ0) is 5.86. The van der Waals surface area contributed by atoms with Gasteiger partial charge in [0.15, 0.2) is 5.17 Å². The van der Waals surface area contributed by atoms with Crippen molar-refractivity contribution < 1.29 is 0 Å². The largest absolute Gasteiger partial charge is 0.379 e. The standard InChI is InChI=1S/C4H10N2S.HI/c1-3(2)7-4(5)6;/h3H,1-2H3,(H3,5,6);1H. The molecule has 8 heavy (non-hydrogen) atoms. The molecule has 0 atom stereocenters. The third-order valence-electron chi connectivity index (χ3n) is 0.363. The van der Waals surface area contributed by atoms with Crippen LogP contribution in [0, 0.1) is 5.41 Å². The topological polar surface area (TPSA) is 49.9 Å². The Labute approximate surface area is 71.1 Å². The number of hydrogen-bond acceptors (Lipinski definition) is 2. The highest BCUT2D eigenvalue weighted by Gasteiger charge is 1.93. The van der Waals surface area contributed by atoms with E-state index in [0.717, 1.165) is 0 Å². The van der Waals surface area contributed by atoms with E-state index in [1.165, 1.54) is 11.8 Å². The fraction of sp³-hybridized carbons (Fsp3) is 0.750. The van der Waals surface area contributed by atoms with Crippen molar-refractivity contribution in [2.75, 3.05) is 0 Å². The van der Waals surface area contributed by atoms with Crippen molar-refractivity contribution in [2.45, 2.75) is 19.1 Å². The van der Waals surface area contributed by atoms with Gasteiger partial charge in [-0.05, 0) is 0 Å². The van der Waals surface area contributed by atoms with Crippen molar-refractivity contribution in [2.24, 2.45) is 5.73 Å². The Morgan fingerprint density at radius 1 is 1.62 bits per heavy atom. The van der Waals surface area contributed by atoms with Crippen molar-refractivity contribution in [3.63, 3.8) is 0 Å². The maximum atomic E-state index is 6.77. The molecule has 0 aromatic heterocycles. The average molecular weight is 246 g/mol. The molecule has 50 valence electrons. The van der Waals surface area contributed by atoms with E-state index in [2.05, 4.69) is 0 Å². The third kappa shape index (κ3) is 9.75. The molecule has 0 radical (unpaired) electrons. The SMILES string of the molecule is CC(C)SC(=N)N.I. The molecule has 3 N–H and O–H groups in total. The van der Waals surface area contributed by atoms with E-state index in [1.807, 2.05) is 13.8 Å². The van der Waals surface area contributed by atoms with Crippen LogP contribution in [0.3, 0.4) is 0 Å². The summed E-state index contributed by atoms with van der Waals surface area (Å²) < 4.78 is 0. The molecule has 0 aromatic rings. The molecular formula is C4H11IN2S. The van der Waals surface area contributed by atoms with Crippen LogP contribution in [0.15, 0.2) is 0 Å². The van der Waals surface area contributed by atoms with E-state index in [-0.39, 0.29) is 29.1 Å². The second-order valence-electron chi connectivity index (χ2n) is 1.53. The predicted molar refractivity (Wildman–Crippen MR) is 50.1 cm³/mol. The molecule has 2 nitrogen and oxygen atoms in total. The molecule has 0 fully saturated rings. The number of halogens is 1. The van der Waals surface area contributed by atoms with Crippen molar-refractivity contribution in [1.82, 2.24) is 0 Å². The second-order valence-corrected chi connectivity index (χ2v) is 3.15. The monoisotopic (exact) mass is 246 g/mol. The molecule has 0 aliphatic carbocycles.